The van der Waals surface area contributed by atoms with Crippen molar-refractivity contribution in [3.63, 3.8) is 0 Å². The van der Waals surface area contributed by atoms with Crippen LogP contribution in [0, 0.1) is 5.92 Å². The van der Waals surface area contributed by atoms with E-state index in [9.17, 15) is 0 Å². The van der Waals surface area contributed by atoms with Crippen molar-refractivity contribution in [3.05, 3.63) is 42.2 Å². The average molecular weight is 256 g/mol. The second kappa shape index (κ2) is 6.67. The van der Waals surface area contributed by atoms with Crippen LogP contribution in [-0.2, 0) is 0 Å². The highest BCUT2D eigenvalue weighted by atomic mass is 14.9. The number of fused-ring (bicyclic) bond motifs is 1. The lowest BCUT2D eigenvalue weighted by atomic mass is 9.95. The summed E-state index contributed by atoms with van der Waals surface area (Å²) in [5.74, 6) is 0.740. The molecule has 0 amide bonds. The zero-order valence-corrected chi connectivity index (χ0v) is 12.2. The third-order valence-electron chi connectivity index (χ3n) is 3.56. The van der Waals surface area contributed by atoms with Crippen molar-refractivity contribution >= 4 is 10.8 Å². The van der Waals surface area contributed by atoms with Crippen LogP contribution in [-0.4, -0.2) is 11.5 Å². The Bertz CT molecular complexity index is 514. The van der Waals surface area contributed by atoms with Gasteiger partial charge < -0.3 is 5.32 Å². The summed E-state index contributed by atoms with van der Waals surface area (Å²) < 4.78 is 0. The van der Waals surface area contributed by atoms with E-state index in [0.29, 0.717) is 6.04 Å². The molecule has 1 atom stereocenters. The van der Waals surface area contributed by atoms with Crippen molar-refractivity contribution in [2.45, 2.75) is 39.7 Å². The minimum absolute atomic E-state index is 0.408. The Morgan fingerprint density at radius 2 is 1.89 bits per heavy atom. The highest BCUT2D eigenvalue weighted by Gasteiger charge is 2.14. The van der Waals surface area contributed by atoms with Gasteiger partial charge >= 0.3 is 0 Å². The van der Waals surface area contributed by atoms with Crippen LogP contribution >= 0.6 is 0 Å². The number of hydrogen-bond acceptors (Lipinski definition) is 2. The number of nitrogens with one attached hydrogen (secondary N) is 1. The van der Waals surface area contributed by atoms with Gasteiger partial charge in [0.15, 0.2) is 0 Å². The van der Waals surface area contributed by atoms with Crippen molar-refractivity contribution in [3.8, 4) is 0 Å². The molecule has 2 heteroatoms. The Morgan fingerprint density at radius 3 is 2.63 bits per heavy atom. The molecule has 2 rings (SSSR count). The molecule has 2 nitrogen and oxygen atoms in total. The fraction of sp³-hybridized carbons (Fsp3) is 0.471. The first-order valence-corrected chi connectivity index (χ1v) is 7.28. The fourth-order valence-electron chi connectivity index (χ4n) is 2.53. The van der Waals surface area contributed by atoms with Gasteiger partial charge in [0.05, 0.1) is 0 Å². The van der Waals surface area contributed by atoms with Crippen LogP contribution in [0.1, 0.15) is 45.2 Å². The van der Waals surface area contributed by atoms with Crippen molar-refractivity contribution in [2.24, 2.45) is 5.92 Å². The molecule has 2 aromatic rings. The van der Waals surface area contributed by atoms with Crippen LogP contribution in [0.3, 0.4) is 0 Å². The van der Waals surface area contributed by atoms with Gasteiger partial charge in [-0.05, 0) is 36.3 Å². The number of aromatic nitrogens is 1. The Hall–Kier alpha value is -1.41. The van der Waals surface area contributed by atoms with E-state index < -0.39 is 0 Å². The zero-order valence-electron chi connectivity index (χ0n) is 12.2. The Balaban J connectivity index is 2.32. The molecule has 1 N–H and O–H groups in total. The highest BCUT2D eigenvalue weighted by molar-refractivity contribution is 5.85. The van der Waals surface area contributed by atoms with Gasteiger partial charge in [0.25, 0.3) is 0 Å². The highest BCUT2D eigenvalue weighted by Crippen LogP contribution is 2.27. The van der Waals surface area contributed by atoms with E-state index in [-0.39, 0.29) is 0 Å². The topological polar surface area (TPSA) is 24.9 Å². The van der Waals surface area contributed by atoms with Gasteiger partial charge in [-0.25, -0.2) is 0 Å². The van der Waals surface area contributed by atoms with Gasteiger partial charge in [0.1, 0.15) is 0 Å². The van der Waals surface area contributed by atoms with Gasteiger partial charge in [-0.1, -0.05) is 45.0 Å². The summed E-state index contributed by atoms with van der Waals surface area (Å²) >= 11 is 0. The molecule has 1 heterocycles. The molecule has 1 aromatic heterocycles. The summed E-state index contributed by atoms with van der Waals surface area (Å²) in [5, 5.41) is 6.16. The predicted octanol–water partition coefficient (Wildman–Crippen LogP) is 4.32. The van der Waals surface area contributed by atoms with Crippen LogP contribution in [0.4, 0.5) is 0 Å². The summed E-state index contributed by atoms with van der Waals surface area (Å²) in [5.41, 5.74) is 1.33. The second-order valence-corrected chi connectivity index (χ2v) is 5.53. The van der Waals surface area contributed by atoms with Crippen molar-refractivity contribution < 1.29 is 0 Å². The SMILES string of the molecule is CCNC(CCC(C)C)c1cncc2ccccc12. The van der Waals surface area contributed by atoms with E-state index in [2.05, 4.69) is 55.3 Å². The largest absolute Gasteiger partial charge is 0.310 e. The molecule has 1 aromatic carbocycles. The minimum Gasteiger partial charge on any atom is -0.310 e. The lowest BCUT2D eigenvalue weighted by molar-refractivity contribution is 0.450. The Labute approximate surface area is 116 Å². The molecule has 102 valence electrons. The molecule has 0 radical (unpaired) electrons. The lowest BCUT2D eigenvalue weighted by Gasteiger charge is -2.20. The molecule has 0 aliphatic rings. The Morgan fingerprint density at radius 1 is 1.11 bits per heavy atom. The van der Waals surface area contributed by atoms with Gasteiger partial charge in [0.2, 0.25) is 0 Å². The maximum absolute atomic E-state index is 4.40. The minimum atomic E-state index is 0.408. The Kier molecular flexibility index (Phi) is 4.92. The first-order chi connectivity index (χ1) is 9.22. The number of hydrogen-bond donors (Lipinski definition) is 1. The van der Waals surface area contributed by atoms with Gasteiger partial charge in [-0.2, -0.15) is 0 Å². The molecule has 0 saturated carbocycles. The normalized spacial score (nSPS) is 13.1. The molecular formula is C17H24N2. The average Bonchev–Trinajstić information content (AvgIpc) is 2.43. The number of benzene rings is 1. The summed E-state index contributed by atoms with van der Waals surface area (Å²) in [6, 6.07) is 8.93. The van der Waals surface area contributed by atoms with Crippen LogP contribution in [0.15, 0.2) is 36.7 Å². The summed E-state index contributed by atoms with van der Waals surface area (Å²) in [6.45, 7) is 7.72. The summed E-state index contributed by atoms with van der Waals surface area (Å²) in [6.07, 6.45) is 6.38. The molecule has 19 heavy (non-hydrogen) atoms. The van der Waals surface area contributed by atoms with Crippen LogP contribution < -0.4 is 5.32 Å². The van der Waals surface area contributed by atoms with E-state index in [1.165, 1.54) is 29.2 Å². The van der Waals surface area contributed by atoms with Gasteiger partial charge in [-0.3, -0.25) is 4.98 Å². The number of pyridine rings is 1. The van der Waals surface area contributed by atoms with E-state index in [0.717, 1.165) is 12.5 Å². The lowest BCUT2D eigenvalue weighted by Crippen LogP contribution is -2.21. The molecule has 0 saturated heterocycles. The predicted molar refractivity (Wildman–Crippen MR) is 82.2 cm³/mol. The first-order valence-electron chi connectivity index (χ1n) is 7.28. The van der Waals surface area contributed by atoms with Crippen molar-refractivity contribution in [1.29, 1.82) is 0 Å². The molecule has 0 aliphatic heterocycles. The molecular weight excluding hydrogens is 232 g/mol. The zero-order chi connectivity index (χ0) is 13.7. The number of rotatable bonds is 6. The standard InChI is InChI=1S/C17H24N2/c1-4-19-17(10-9-13(2)3)16-12-18-11-14-7-5-6-8-15(14)16/h5-8,11-13,17,19H,4,9-10H2,1-3H3. The number of nitrogens with zero attached hydrogens (tertiary/aromatic N) is 1. The van der Waals surface area contributed by atoms with E-state index in [1.54, 1.807) is 0 Å². The first kappa shape index (κ1) is 14.0. The maximum atomic E-state index is 4.40. The van der Waals surface area contributed by atoms with Crippen LogP contribution in [0.25, 0.3) is 10.8 Å². The molecule has 1 unspecified atom stereocenters. The maximum Gasteiger partial charge on any atom is 0.0346 e. The van der Waals surface area contributed by atoms with Crippen LogP contribution in [0.5, 0.6) is 0 Å². The van der Waals surface area contributed by atoms with E-state index in [1.807, 2.05) is 12.4 Å². The fourth-order valence-corrected chi connectivity index (χ4v) is 2.53. The van der Waals surface area contributed by atoms with Crippen LogP contribution in [0.2, 0.25) is 0 Å². The smallest absolute Gasteiger partial charge is 0.0346 e. The quantitative estimate of drug-likeness (QED) is 0.832. The summed E-state index contributed by atoms with van der Waals surface area (Å²) in [7, 11) is 0. The monoisotopic (exact) mass is 256 g/mol. The van der Waals surface area contributed by atoms with Gasteiger partial charge in [0, 0.05) is 23.8 Å². The second-order valence-electron chi connectivity index (χ2n) is 5.53. The molecule has 0 bridgehead atoms. The third kappa shape index (κ3) is 3.54. The molecule has 0 fully saturated rings. The van der Waals surface area contributed by atoms with Crippen molar-refractivity contribution in [1.82, 2.24) is 10.3 Å². The molecule has 0 spiro atoms. The van der Waals surface area contributed by atoms with E-state index >= 15 is 0 Å². The third-order valence-corrected chi connectivity index (χ3v) is 3.56. The van der Waals surface area contributed by atoms with E-state index in [4.69, 9.17) is 0 Å². The summed E-state index contributed by atoms with van der Waals surface area (Å²) in [4.78, 5) is 4.40. The van der Waals surface area contributed by atoms with Gasteiger partial charge in [-0.15, -0.1) is 0 Å². The molecule has 0 aliphatic carbocycles. The van der Waals surface area contributed by atoms with Crippen molar-refractivity contribution in [2.75, 3.05) is 6.54 Å².